The minimum atomic E-state index is -0.810. The molecule has 25 heavy (non-hydrogen) atoms. The molecule has 2 fully saturated rings. The molecule has 0 aliphatic carbocycles. The molecule has 5 atom stereocenters. The van der Waals surface area contributed by atoms with Crippen molar-refractivity contribution in [2.75, 3.05) is 19.7 Å². The smallest absolute Gasteiger partial charge is 0.410 e. The molecule has 0 radical (unpaired) electrons. The number of likely N-dealkylation sites (tertiary alicyclic amines) is 1. The van der Waals surface area contributed by atoms with E-state index in [-0.39, 0.29) is 12.5 Å². The molecule has 0 unspecified atom stereocenters. The van der Waals surface area contributed by atoms with Gasteiger partial charge in [0.1, 0.15) is 24.4 Å². The van der Waals surface area contributed by atoms with Gasteiger partial charge in [-0.05, 0) is 20.8 Å². The summed E-state index contributed by atoms with van der Waals surface area (Å²) in [5.74, 6) is -0.697. The van der Waals surface area contributed by atoms with Crippen molar-refractivity contribution in [3.63, 3.8) is 0 Å². The molecule has 0 aromatic carbocycles. The molecular formula is C18H23N3O4. The maximum absolute atomic E-state index is 12.9. The summed E-state index contributed by atoms with van der Waals surface area (Å²) in [5.41, 5.74) is 0.151. The van der Waals surface area contributed by atoms with E-state index in [2.05, 4.69) is 12.6 Å². The van der Waals surface area contributed by atoms with Crippen LogP contribution in [0.25, 0.3) is 0 Å². The monoisotopic (exact) mass is 345 g/mol. The lowest BCUT2D eigenvalue weighted by Crippen LogP contribution is -2.58. The van der Waals surface area contributed by atoms with Gasteiger partial charge in [0, 0.05) is 13.1 Å². The van der Waals surface area contributed by atoms with Crippen LogP contribution in [0.5, 0.6) is 0 Å². The molecule has 0 bridgehead atoms. The topological polar surface area (TPSA) is 82.9 Å². The first-order chi connectivity index (χ1) is 11.9. The molecule has 3 aliphatic rings. The third kappa shape index (κ3) is 2.52. The molecule has 0 aromatic heterocycles. The Balaban J connectivity index is 2.00. The largest absolute Gasteiger partial charge is 0.445 e. The number of carbonyl (C=O) groups is 2. The zero-order chi connectivity index (χ0) is 18.4. The van der Waals surface area contributed by atoms with Crippen molar-refractivity contribution in [1.29, 1.82) is 5.26 Å². The minimum absolute atomic E-state index is 0.104. The van der Waals surface area contributed by atoms with Crippen molar-refractivity contribution < 1.29 is 19.1 Å². The van der Waals surface area contributed by atoms with Gasteiger partial charge in [-0.3, -0.25) is 9.69 Å². The minimum Gasteiger partial charge on any atom is -0.445 e. The molecular weight excluding hydrogens is 322 g/mol. The normalized spacial score (nSPS) is 36.4. The predicted octanol–water partition coefficient (Wildman–Crippen LogP) is 1.47. The summed E-state index contributed by atoms with van der Waals surface area (Å²) in [6.07, 6.45) is 2.42. The van der Waals surface area contributed by atoms with Crippen LogP contribution in [-0.2, 0) is 14.3 Å². The Morgan fingerprint density at radius 3 is 2.96 bits per heavy atom. The Morgan fingerprint density at radius 1 is 1.64 bits per heavy atom. The van der Waals surface area contributed by atoms with Gasteiger partial charge >= 0.3 is 6.09 Å². The predicted molar refractivity (Wildman–Crippen MR) is 89.4 cm³/mol. The van der Waals surface area contributed by atoms with Gasteiger partial charge in [0.2, 0.25) is 5.91 Å². The van der Waals surface area contributed by atoms with Gasteiger partial charge in [0.15, 0.2) is 0 Å². The van der Waals surface area contributed by atoms with Crippen LogP contribution in [0.3, 0.4) is 0 Å². The lowest BCUT2D eigenvalue weighted by Gasteiger charge is -2.42. The second-order valence-corrected chi connectivity index (χ2v) is 6.92. The van der Waals surface area contributed by atoms with E-state index in [1.807, 2.05) is 26.8 Å². The van der Waals surface area contributed by atoms with Gasteiger partial charge in [-0.15, -0.1) is 0 Å². The number of amides is 2. The highest BCUT2D eigenvalue weighted by Crippen LogP contribution is 2.48. The molecule has 134 valence electrons. The summed E-state index contributed by atoms with van der Waals surface area (Å²) in [6, 6.07) is 1.07. The van der Waals surface area contributed by atoms with Crippen molar-refractivity contribution in [3.05, 3.63) is 24.3 Å². The van der Waals surface area contributed by atoms with Gasteiger partial charge in [0.25, 0.3) is 0 Å². The number of ether oxygens (including phenoxy) is 2. The molecule has 2 amide bonds. The average Bonchev–Trinajstić information content (AvgIpc) is 3.00. The first-order valence-corrected chi connectivity index (χ1v) is 8.48. The van der Waals surface area contributed by atoms with E-state index in [9.17, 15) is 14.9 Å². The molecule has 7 heteroatoms. The first kappa shape index (κ1) is 17.5. The fourth-order valence-corrected chi connectivity index (χ4v) is 4.43. The summed E-state index contributed by atoms with van der Waals surface area (Å²) in [5, 5.41) is 9.54. The number of fused-ring (bicyclic) bond motifs is 3. The van der Waals surface area contributed by atoms with Crippen LogP contribution in [0.15, 0.2) is 24.3 Å². The SMILES string of the molecule is C=CCOC(=O)N1CC(C)=C[C@]2(C)O[C@H]3[C@H](C(=O)N(CC)[C@@H]3C#N)[C@H]12. The number of hydrogen-bond donors (Lipinski definition) is 0. The third-order valence-electron chi connectivity index (χ3n) is 5.21. The molecule has 7 nitrogen and oxygen atoms in total. The Morgan fingerprint density at radius 2 is 2.36 bits per heavy atom. The average molecular weight is 345 g/mol. The standard InChI is InChI=1S/C18H23N3O4/c1-5-7-24-17(23)21-10-11(3)8-18(4)15(21)13-14(25-18)12(9-19)20(6-2)16(13)22/h5,8,12-15H,1,6-7,10H2,2-4H3/t12-,13+,14-,15+,18+/m1/s1. The number of nitrogens with zero attached hydrogens (tertiary/aromatic N) is 3. The zero-order valence-electron chi connectivity index (χ0n) is 14.8. The second kappa shape index (κ2) is 6.19. The molecule has 0 spiro atoms. The van der Waals surface area contributed by atoms with Crippen molar-refractivity contribution in [1.82, 2.24) is 9.80 Å². The number of carbonyl (C=O) groups excluding carboxylic acids is 2. The van der Waals surface area contributed by atoms with Crippen LogP contribution in [0.2, 0.25) is 0 Å². The van der Waals surface area contributed by atoms with E-state index < -0.39 is 35.8 Å². The number of likely N-dealkylation sites (N-methyl/N-ethyl adjacent to an activating group) is 1. The number of rotatable bonds is 3. The van der Waals surface area contributed by atoms with Crippen molar-refractivity contribution in [2.24, 2.45) is 5.92 Å². The van der Waals surface area contributed by atoms with E-state index in [0.717, 1.165) is 5.57 Å². The molecule has 0 aromatic rings. The first-order valence-electron chi connectivity index (χ1n) is 8.48. The highest BCUT2D eigenvalue weighted by molar-refractivity contribution is 5.86. The van der Waals surface area contributed by atoms with E-state index in [0.29, 0.717) is 13.1 Å². The van der Waals surface area contributed by atoms with Crippen molar-refractivity contribution in [3.8, 4) is 6.07 Å². The van der Waals surface area contributed by atoms with Crippen molar-refractivity contribution >= 4 is 12.0 Å². The number of hydrogen-bond acceptors (Lipinski definition) is 5. The van der Waals surface area contributed by atoms with Crippen LogP contribution < -0.4 is 0 Å². The summed E-state index contributed by atoms with van der Waals surface area (Å²) in [7, 11) is 0. The summed E-state index contributed by atoms with van der Waals surface area (Å²) < 4.78 is 11.4. The Kier molecular flexibility index (Phi) is 4.33. The third-order valence-corrected chi connectivity index (χ3v) is 5.21. The molecule has 0 N–H and O–H groups in total. The highest BCUT2D eigenvalue weighted by Gasteiger charge is 2.66. The lowest BCUT2D eigenvalue weighted by atomic mass is 9.82. The molecule has 3 rings (SSSR count). The van der Waals surface area contributed by atoms with E-state index in [4.69, 9.17) is 9.47 Å². The Hall–Kier alpha value is -2.33. The van der Waals surface area contributed by atoms with E-state index in [1.54, 1.807) is 4.90 Å². The quantitative estimate of drug-likeness (QED) is 0.723. The van der Waals surface area contributed by atoms with Gasteiger partial charge in [-0.1, -0.05) is 24.3 Å². The Bertz CT molecular complexity index is 682. The fourth-order valence-electron chi connectivity index (χ4n) is 4.43. The molecule has 3 heterocycles. The van der Waals surface area contributed by atoms with Crippen LogP contribution in [0.4, 0.5) is 4.79 Å². The fraction of sp³-hybridized carbons (Fsp3) is 0.611. The van der Waals surface area contributed by atoms with Crippen molar-refractivity contribution in [2.45, 2.75) is 44.6 Å². The van der Waals surface area contributed by atoms with Gasteiger partial charge < -0.3 is 14.4 Å². The highest BCUT2D eigenvalue weighted by atomic mass is 16.6. The second-order valence-electron chi connectivity index (χ2n) is 6.92. The molecule has 3 aliphatic heterocycles. The molecule has 0 saturated carbocycles. The lowest BCUT2D eigenvalue weighted by molar-refractivity contribution is -0.133. The maximum atomic E-state index is 12.9. The number of nitriles is 1. The van der Waals surface area contributed by atoms with Crippen LogP contribution in [0.1, 0.15) is 20.8 Å². The van der Waals surface area contributed by atoms with Crippen LogP contribution in [0, 0.1) is 17.2 Å². The maximum Gasteiger partial charge on any atom is 0.410 e. The summed E-state index contributed by atoms with van der Waals surface area (Å²) in [4.78, 5) is 28.6. The zero-order valence-corrected chi connectivity index (χ0v) is 14.8. The van der Waals surface area contributed by atoms with Gasteiger partial charge in [-0.25, -0.2) is 4.79 Å². The van der Waals surface area contributed by atoms with Gasteiger partial charge in [-0.2, -0.15) is 5.26 Å². The van der Waals surface area contributed by atoms with Crippen LogP contribution >= 0.6 is 0 Å². The van der Waals surface area contributed by atoms with E-state index in [1.165, 1.54) is 11.0 Å². The van der Waals surface area contributed by atoms with Gasteiger partial charge in [0.05, 0.1) is 18.0 Å². The summed E-state index contributed by atoms with van der Waals surface area (Å²) >= 11 is 0. The van der Waals surface area contributed by atoms with E-state index >= 15 is 0 Å². The summed E-state index contributed by atoms with van der Waals surface area (Å²) in [6.45, 7) is 10.1. The molecule has 2 saturated heterocycles. The van der Waals surface area contributed by atoms with Crippen LogP contribution in [-0.4, -0.2) is 65.3 Å². The Labute approximate surface area is 147 Å².